The van der Waals surface area contributed by atoms with Crippen molar-refractivity contribution in [1.29, 1.82) is 0 Å². The normalized spacial score (nSPS) is 10.9. The molecular weight excluding hydrogens is 310 g/mol. The molecule has 0 fully saturated rings. The molecule has 1 nitrogen and oxygen atoms in total. The summed E-state index contributed by atoms with van der Waals surface area (Å²) < 4.78 is 56.3. The predicted molar refractivity (Wildman–Crippen MR) is 70.6 cm³/mol. The SMILES string of the molecule is Cc1cc(OCc2cccc(F)c2)ccc1[B-](F)(F)F.[K+]. The number of ether oxygens (including phenoxy) is 1. The van der Waals surface area contributed by atoms with Gasteiger partial charge in [0.05, 0.1) is 0 Å². The fourth-order valence-corrected chi connectivity index (χ4v) is 1.90. The van der Waals surface area contributed by atoms with Crippen molar-refractivity contribution in [3.63, 3.8) is 0 Å². The van der Waals surface area contributed by atoms with Gasteiger partial charge in [0, 0.05) is 0 Å². The third kappa shape index (κ3) is 5.41. The van der Waals surface area contributed by atoms with Crippen molar-refractivity contribution in [3.05, 3.63) is 59.4 Å². The van der Waals surface area contributed by atoms with Crippen molar-refractivity contribution >= 4 is 12.4 Å². The van der Waals surface area contributed by atoms with Crippen LogP contribution < -0.4 is 61.6 Å². The van der Waals surface area contributed by atoms with Crippen LogP contribution in [0.15, 0.2) is 42.5 Å². The van der Waals surface area contributed by atoms with E-state index in [1.807, 2.05) is 0 Å². The molecule has 0 aromatic heterocycles. The quantitative estimate of drug-likeness (QED) is 0.597. The Morgan fingerprint density at radius 1 is 1.05 bits per heavy atom. The van der Waals surface area contributed by atoms with Crippen molar-refractivity contribution < 1.29 is 73.5 Å². The van der Waals surface area contributed by atoms with Crippen molar-refractivity contribution in [3.8, 4) is 5.75 Å². The van der Waals surface area contributed by atoms with Gasteiger partial charge in [-0.2, -0.15) is 0 Å². The topological polar surface area (TPSA) is 9.23 Å². The molecule has 0 atom stereocenters. The molecule has 106 valence electrons. The van der Waals surface area contributed by atoms with E-state index in [4.69, 9.17) is 4.74 Å². The minimum atomic E-state index is -5.01. The maximum atomic E-state index is 13.0. The first-order valence-electron chi connectivity index (χ1n) is 6.04. The Labute approximate surface area is 163 Å². The number of hydrogen-bond donors (Lipinski definition) is 0. The van der Waals surface area contributed by atoms with Gasteiger partial charge in [0.2, 0.25) is 0 Å². The summed E-state index contributed by atoms with van der Waals surface area (Å²) in [5, 5.41) is 0. The summed E-state index contributed by atoms with van der Waals surface area (Å²) in [6.07, 6.45) is 0. The largest absolute Gasteiger partial charge is 1.00 e. The van der Waals surface area contributed by atoms with E-state index < -0.39 is 12.4 Å². The van der Waals surface area contributed by atoms with Gasteiger partial charge in [0.25, 0.3) is 0 Å². The third-order valence-electron chi connectivity index (χ3n) is 2.89. The van der Waals surface area contributed by atoms with E-state index in [2.05, 4.69) is 0 Å². The van der Waals surface area contributed by atoms with E-state index in [-0.39, 0.29) is 69.4 Å². The first-order valence-corrected chi connectivity index (χ1v) is 6.04. The molecule has 0 radical (unpaired) electrons. The fourth-order valence-electron chi connectivity index (χ4n) is 1.90. The van der Waals surface area contributed by atoms with Crippen molar-refractivity contribution in [2.24, 2.45) is 0 Å². The van der Waals surface area contributed by atoms with E-state index in [1.54, 1.807) is 12.1 Å². The third-order valence-corrected chi connectivity index (χ3v) is 2.89. The van der Waals surface area contributed by atoms with Crippen LogP contribution in [0.1, 0.15) is 11.1 Å². The average Bonchev–Trinajstić information content (AvgIpc) is 2.35. The Hall–Kier alpha value is -0.339. The Balaban J connectivity index is 0.00000220. The molecule has 0 aliphatic heterocycles. The van der Waals surface area contributed by atoms with Crippen LogP contribution in [0.25, 0.3) is 0 Å². The monoisotopic (exact) mass is 322 g/mol. The van der Waals surface area contributed by atoms with Gasteiger partial charge in [-0.1, -0.05) is 23.8 Å². The Morgan fingerprint density at radius 3 is 2.33 bits per heavy atom. The molecule has 0 unspecified atom stereocenters. The van der Waals surface area contributed by atoms with Crippen molar-refractivity contribution in [2.75, 3.05) is 0 Å². The van der Waals surface area contributed by atoms with Crippen LogP contribution >= 0.6 is 0 Å². The van der Waals surface area contributed by atoms with E-state index >= 15 is 0 Å². The Bertz CT molecular complexity index is 616. The molecule has 2 rings (SSSR count). The van der Waals surface area contributed by atoms with Crippen LogP contribution in [0.4, 0.5) is 17.3 Å². The first kappa shape index (κ1) is 18.7. The van der Waals surface area contributed by atoms with Gasteiger partial charge >= 0.3 is 58.4 Å². The van der Waals surface area contributed by atoms with Gasteiger partial charge < -0.3 is 17.7 Å². The summed E-state index contributed by atoms with van der Waals surface area (Å²) in [5.41, 5.74) is 0.115. The molecule has 2 aromatic carbocycles. The van der Waals surface area contributed by atoms with Gasteiger partial charge in [0.15, 0.2) is 0 Å². The first-order chi connectivity index (χ1) is 9.36. The van der Waals surface area contributed by atoms with Gasteiger partial charge in [-0.15, -0.1) is 5.46 Å². The maximum Gasteiger partial charge on any atom is 1.00 e. The van der Waals surface area contributed by atoms with Crippen LogP contribution in [-0.2, 0) is 6.61 Å². The zero-order valence-electron chi connectivity index (χ0n) is 11.7. The average molecular weight is 322 g/mol. The smallest absolute Gasteiger partial charge is 0.489 e. The second-order valence-corrected chi connectivity index (χ2v) is 4.51. The van der Waals surface area contributed by atoms with Crippen LogP contribution in [0.5, 0.6) is 5.75 Å². The van der Waals surface area contributed by atoms with Crippen LogP contribution in [-0.4, -0.2) is 6.98 Å². The summed E-state index contributed by atoms with van der Waals surface area (Å²) >= 11 is 0. The summed E-state index contributed by atoms with van der Waals surface area (Å²) in [5.74, 6) is -0.0482. The number of benzene rings is 2. The van der Waals surface area contributed by atoms with Crippen LogP contribution in [0.3, 0.4) is 0 Å². The number of aryl methyl sites for hydroxylation is 1. The molecule has 0 spiro atoms. The molecule has 0 N–H and O–H groups in total. The molecule has 0 aliphatic rings. The van der Waals surface area contributed by atoms with Gasteiger partial charge in [0.1, 0.15) is 18.2 Å². The molecular formula is C14H12BF4KO. The van der Waals surface area contributed by atoms with E-state index in [1.165, 1.54) is 31.2 Å². The second-order valence-electron chi connectivity index (χ2n) is 4.51. The zero-order valence-corrected chi connectivity index (χ0v) is 14.9. The number of halogens is 4. The maximum absolute atomic E-state index is 13.0. The molecule has 2 aromatic rings. The van der Waals surface area contributed by atoms with Gasteiger partial charge in [-0.3, -0.25) is 0 Å². The van der Waals surface area contributed by atoms with Gasteiger partial charge in [-0.25, -0.2) is 4.39 Å². The molecule has 21 heavy (non-hydrogen) atoms. The summed E-state index contributed by atoms with van der Waals surface area (Å²) in [4.78, 5) is 0. The molecule has 0 amide bonds. The minimum absolute atomic E-state index is 0. The van der Waals surface area contributed by atoms with Crippen LogP contribution in [0, 0.1) is 12.7 Å². The van der Waals surface area contributed by atoms with E-state index in [0.717, 1.165) is 6.07 Å². The van der Waals surface area contributed by atoms with E-state index in [0.29, 0.717) is 11.3 Å². The Kier molecular flexibility index (Phi) is 6.93. The number of hydrogen-bond acceptors (Lipinski definition) is 1. The summed E-state index contributed by atoms with van der Waals surface area (Å²) in [6.45, 7) is -3.52. The van der Waals surface area contributed by atoms with Crippen molar-refractivity contribution in [2.45, 2.75) is 13.5 Å². The predicted octanol–water partition coefficient (Wildman–Crippen LogP) is 0.772. The Morgan fingerprint density at radius 2 is 1.76 bits per heavy atom. The number of rotatable bonds is 4. The zero-order chi connectivity index (χ0) is 14.8. The molecule has 0 heterocycles. The molecule has 7 heteroatoms. The summed E-state index contributed by atoms with van der Waals surface area (Å²) in [6, 6.07) is 9.49. The second kappa shape index (κ2) is 7.78. The molecule has 0 bridgehead atoms. The fraction of sp³-hybridized carbons (Fsp3) is 0.143. The molecule has 0 saturated carbocycles. The minimum Gasteiger partial charge on any atom is -0.489 e. The molecule has 0 aliphatic carbocycles. The van der Waals surface area contributed by atoms with E-state index in [9.17, 15) is 17.3 Å². The van der Waals surface area contributed by atoms with Crippen molar-refractivity contribution in [1.82, 2.24) is 0 Å². The molecule has 0 saturated heterocycles. The summed E-state index contributed by atoms with van der Waals surface area (Å²) in [7, 11) is 0. The standard InChI is InChI=1S/C14H12BF4O.K/c1-10-7-13(5-6-14(10)15(17,18)19)20-9-11-3-2-4-12(16)8-11;/h2-8H,9H2,1H3;/q-1;+1. The van der Waals surface area contributed by atoms with Crippen LogP contribution in [0.2, 0.25) is 0 Å². The van der Waals surface area contributed by atoms with Gasteiger partial charge in [-0.05, 0) is 36.8 Å².